The molecule has 90 valence electrons. The van der Waals surface area contributed by atoms with E-state index in [2.05, 4.69) is 34.6 Å². The normalized spacial score (nSPS) is 15.1. The molecule has 0 rings (SSSR count). The summed E-state index contributed by atoms with van der Waals surface area (Å²) in [5.74, 6) is 0.888. The van der Waals surface area contributed by atoms with E-state index in [0.717, 1.165) is 19.5 Å². The van der Waals surface area contributed by atoms with Crippen molar-refractivity contribution in [2.45, 2.75) is 54.4 Å². The van der Waals surface area contributed by atoms with Gasteiger partial charge in [-0.05, 0) is 24.7 Å². The topological polar surface area (TPSA) is 20.3 Å². The Balaban J connectivity index is 4.57. The van der Waals surface area contributed by atoms with E-state index in [1.807, 2.05) is 11.8 Å². The van der Waals surface area contributed by atoms with Crippen LogP contribution in [-0.2, 0) is 4.79 Å². The third-order valence-corrected chi connectivity index (χ3v) is 3.79. The molecular formula is C13H27NO. The zero-order chi connectivity index (χ0) is 12.1. The van der Waals surface area contributed by atoms with Crippen LogP contribution in [0.15, 0.2) is 0 Å². The van der Waals surface area contributed by atoms with Gasteiger partial charge in [-0.1, -0.05) is 34.6 Å². The number of carbonyl (C=O) groups is 1. The quantitative estimate of drug-likeness (QED) is 0.663. The van der Waals surface area contributed by atoms with E-state index in [-0.39, 0.29) is 11.3 Å². The standard InChI is InChI=1S/C13H27NO/c1-7-12(15)14(9-3)10-13(6,8-2)11(4)5/h11H,7-10H2,1-6H3. The third-order valence-electron chi connectivity index (χ3n) is 3.79. The van der Waals surface area contributed by atoms with Gasteiger partial charge in [-0.25, -0.2) is 0 Å². The van der Waals surface area contributed by atoms with Crippen LogP contribution in [0.3, 0.4) is 0 Å². The zero-order valence-corrected chi connectivity index (χ0v) is 11.3. The van der Waals surface area contributed by atoms with Gasteiger partial charge in [-0.15, -0.1) is 0 Å². The predicted molar refractivity (Wildman–Crippen MR) is 65.8 cm³/mol. The van der Waals surface area contributed by atoms with Crippen molar-refractivity contribution < 1.29 is 4.79 Å². The Morgan fingerprint density at radius 1 is 1.27 bits per heavy atom. The fourth-order valence-electron chi connectivity index (χ4n) is 1.74. The molecule has 0 heterocycles. The second-order valence-electron chi connectivity index (χ2n) is 4.92. The molecule has 0 saturated carbocycles. The van der Waals surface area contributed by atoms with Crippen LogP contribution in [0.1, 0.15) is 54.4 Å². The first-order chi connectivity index (χ1) is 6.91. The van der Waals surface area contributed by atoms with Crippen molar-refractivity contribution in [1.29, 1.82) is 0 Å². The maximum atomic E-state index is 11.7. The molecule has 0 N–H and O–H groups in total. The zero-order valence-electron chi connectivity index (χ0n) is 11.3. The van der Waals surface area contributed by atoms with E-state index in [0.29, 0.717) is 12.3 Å². The van der Waals surface area contributed by atoms with Crippen LogP contribution in [0.2, 0.25) is 0 Å². The molecule has 0 aliphatic heterocycles. The molecular weight excluding hydrogens is 186 g/mol. The molecule has 0 radical (unpaired) electrons. The monoisotopic (exact) mass is 213 g/mol. The highest BCUT2D eigenvalue weighted by Gasteiger charge is 2.29. The second-order valence-corrected chi connectivity index (χ2v) is 4.92. The smallest absolute Gasteiger partial charge is 0.222 e. The van der Waals surface area contributed by atoms with Crippen LogP contribution in [-0.4, -0.2) is 23.9 Å². The maximum Gasteiger partial charge on any atom is 0.222 e. The minimum absolute atomic E-state index is 0.251. The van der Waals surface area contributed by atoms with Crippen molar-refractivity contribution in [1.82, 2.24) is 4.90 Å². The summed E-state index contributed by atoms with van der Waals surface area (Å²) in [6, 6.07) is 0. The third kappa shape index (κ3) is 3.84. The molecule has 0 aliphatic carbocycles. The molecule has 0 aromatic carbocycles. The lowest BCUT2D eigenvalue weighted by molar-refractivity contribution is -0.132. The van der Waals surface area contributed by atoms with E-state index in [9.17, 15) is 4.79 Å². The van der Waals surface area contributed by atoms with Crippen molar-refractivity contribution in [3.8, 4) is 0 Å². The largest absolute Gasteiger partial charge is 0.342 e. The van der Waals surface area contributed by atoms with E-state index >= 15 is 0 Å². The van der Waals surface area contributed by atoms with Gasteiger partial charge in [0.05, 0.1) is 0 Å². The molecule has 0 bridgehead atoms. The lowest BCUT2D eigenvalue weighted by atomic mass is 9.76. The fourth-order valence-corrected chi connectivity index (χ4v) is 1.74. The molecule has 0 aromatic heterocycles. The maximum absolute atomic E-state index is 11.7. The Morgan fingerprint density at radius 3 is 2.07 bits per heavy atom. The fraction of sp³-hybridized carbons (Fsp3) is 0.923. The van der Waals surface area contributed by atoms with Crippen LogP contribution in [0, 0.1) is 11.3 Å². The van der Waals surface area contributed by atoms with Crippen LogP contribution in [0.4, 0.5) is 0 Å². The summed E-state index contributed by atoms with van der Waals surface area (Å²) < 4.78 is 0. The predicted octanol–water partition coefficient (Wildman–Crippen LogP) is 3.32. The molecule has 1 unspecified atom stereocenters. The van der Waals surface area contributed by atoms with E-state index < -0.39 is 0 Å². The lowest BCUT2D eigenvalue weighted by Crippen LogP contribution is -2.41. The molecule has 0 aromatic rings. The Labute approximate surface area is 95.0 Å². The van der Waals surface area contributed by atoms with E-state index in [1.165, 1.54) is 0 Å². The highest BCUT2D eigenvalue weighted by molar-refractivity contribution is 5.75. The number of hydrogen-bond donors (Lipinski definition) is 0. The van der Waals surface area contributed by atoms with E-state index in [4.69, 9.17) is 0 Å². The number of amides is 1. The summed E-state index contributed by atoms with van der Waals surface area (Å²) in [4.78, 5) is 13.7. The summed E-state index contributed by atoms with van der Waals surface area (Å²) in [5.41, 5.74) is 0.251. The van der Waals surface area contributed by atoms with Crippen LogP contribution < -0.4 is 0 Å². The summed E-state index contributed by atoms with van der Waals surface area (Å²) >= 11 is 0. The van der Waals surface area contributed by atoms with Crippen molar-refractivity contribution >= 4 is 5.91 Å². The van der Waals surface area contributed by atoms with Crippen LogP contribution >= 0.6 is 0 Å². The molecule has 2 heteroatoms. The Morgan fingerprint density at radius 2 is 1.80 bits per heavy atom. The molecule has 0 aliphatic rings. The summed E-state index contributed by atoms with van der Waals surface area (Å²) in [6.45, 7) is 14.7. The number of nitrogens with zero attached hydrogens (tertiary/aromatic N) is 1. The molecule has 0 saturated heterocycles. The van der Waals surface area contributed by atoms with E-state index in [1.54, 1.807) is 0 Å². The first kappa shape index (κ1) is 14.5. The van der Waals surface area contributed by atoms with Crippen molar-refractivity contribution in [2.24, 2.45) is 11.3 Å². The molecule has 0 fully saturated rings. The van der Waals surface area contributed by atoms with Gasteiger partial charge in [-0.3, -0.25) is 4.79 Å². The summed E-state index contributed by atoms with van der Waals surface area (Å²) in [6.07, 6.45) is 1.74. The summed E-state index contributed by atoms with van der Waals surface area (Å²) in [5, 5.41) is 0. The Kier molecular flexibility index (Phi) is 5.92. The van der Waals surface area contributed by atoms with Crippen molar-refractivity contribution in [3.63, 3.8) is 0 Å². The lowest BCUT2D eigenvalue weighted by Gasteiger charge is -2.37. The van der Waals surface area contributed by atoms with Gasteiger partial charge in [0, 0.05) is 19.5 Å². The average Bonchev–Trinajstić information content (AvgIpc) is 2.24. The highest BCUT2D eigenvalue weighted by Crippen LogP contribution is 2.31. The highest BCUT2D eigenvalue weighted by atomic mass is 16.2. The van der Waals surface area contributed by atoms with Gasteiger partial charge < -0.3 is 4.90 Å². The molecule has 15 heavy (non-hydrogen) atoms. The van der Waals surface area contributed by atoms with Crippen molar-refractivity contribution in [2.75, 3.05) is 13.1 Å². The SMILES string of the molecule is CCC(=O)N(CC)CC(C)(CC)C(C)C. The molecule has 2 nitrogen and oxygen atoms in total. The van der Waals surface area contributed by atoms with Crippen LogP contribution in [0.5, 0.6) is 0 Å². The number of hydrogen-bond acceptors (Lipinski definition) is 1. The Bertz CT molecular complexity index is 201. The molecule has 1 amide bonds. The minimum Gasteiger partial charge on any atom is -0.342 e. The number of carbonyl (C=O) groups excluding carboxylic acids is 1. The molecule has 0 spiro atoms. The second kappa shape index (κ2) is 6.14. The van der Waals surface area contributed by atoms with Crippen LogP contribution in [0.25, 0.3) is 0 Å². The molecule has 1 atom stereocenters. The Hall–Kier alpha value is -0.530. The van der Waals surface area contributed by atoms with Gasteiger partial charge in [-0.2, -0.15) is 0 Å². The van der Waals surface area contributed by atoms with Gasteiger partial charge in [0.2, 0.25) is 5.91 Å². The first-order valence-electron chi connectivity index (χ1n) is 6.19. The summed E-state index contributed by atoms with van der Waals surface area (Å²) in [7, 11) is 0. The van der Waals surface area contributed by atoms with Gasteiger partial charge >= 0.3 is 0 Å². The number of rotatable bonds is 6. The average molecular weight is 213 g/mol. The van der Waals surface area contributed by atoms with Gasteiger partial charge in [0.15, 0.2) is 0 Å². The van der Waals surface area contributed by atoms with Crippen molar-refractivity contribution in [3.05, 3.63) is 0 Å². The first-order valence-corrected chi connectivity index (χ1v) is 6.19. The minimum atomic E-state index is 0.251. The van der Waals surface area contributed by atoms with Gasteiger partial charge in [0.25, 0.3) is 0 Å². The van der Waals surface area contributed by atoms with Gasteiger partial charge in [0.1, 0.15) is 0 Å².